The second kappa shape index (κ2) is 7.06. The molecule has 5 heteroatoms. The number of nitrogens with zero attached hydrogens (tertiary/aromatic N) is 1. The maximum Gasteiger partial charge on any atom is 0.408 e. The average molecular weight is 346 g/mol. The first kappa shape index (κ1) is 19.3. The predicted molar refractivity (Wildman–Crippen MR) is 98.2 cm³/mol. The molecule has 1 aliphatic heterocycles. The van der Waals surface area contributed by atoms with Gasteiger partial charge in [-0.25, -0.2) is 4.79 Å². The third-order valence-electron chi connectivity index (χ3n) is 4.22. The molecule has 0 bridgehead atoms. The number of alkyl carbamates (subject to hydrolysis) is 1. The number of ether oxygens (including phenoxy) is 1. The van der Waals surface area contributed by atoms with Crippen LogP contribution in [0.3, 0.4) is 0 Å². The molecular formula is C20H30N2O3. The number of hydrogen-bond acceptors (Lipinski definition) is 3. The van der Waals surface area contributed by atoms with E-state index < -0.39 is 23.2 Å². The molecule has 1 heterocycles. The second-order valence-electron chi connectivity index (χ2n) is 8.72. The molecule has 1 unspecified atom stereocenters. The molecule has 0 radical (unpaired) electrons. The molecule has 0 saturated heterocycles. The zero-order chi connectivity index (χ0) is 18.8. The Labute approximate surface area is 150 Å². The number of fused-ring (bicyclic) bond motifs is 1. The fourth-order valence-electron chi connectivity index (χ4n) is 2.94. The Morgan fingerprint density at radius 1 is 1.08 bits per heavy atom. The van der Waals surface area contributed by atoms with Gasteiger partial charge < -0.3 is 15.0 Å². The van der Waals surface area contributed by atoms with Crippen LogP contribution >= 0.6 is 0 Å². The number of hydrogen-bond donors (Lipinski definition) is 1. The van der Waals surface area contributed by atoms with E-state index in [1.807, 2.05) is 58.6 Å². The van der Waals surface area contributed by atoms with Crippen molar-refractivity contribution in [3.63, 3.8) is 0 Å². The van der Waals surface area contributed by atoms with Crippen LogP contribution in [0.15, 0.2) is 24.3 Å². The van der Waals surface area contributed by atoms with Gasteiger partial charge in [-0.1, -0.05) is 45.0 Å². The van der Waals surface area contributed by atoms with Crippen LogP contribution in [-0.2, 0) is 22.5 Å². The quantitative estimate of drug-likeness (QED) is 0.891. The highest BCUT2D eigenvalue weighted by atomic mass is 16.6. The van der Waals surface area contributed by atoms with Crippen molar-refractivity contribution in [3.05, 3.63) is 35.4 Å². The summed E-state index contributed by atoms with van der Waals surface area (Å²) in [6, 6.07) is 7.55. The summed E-state index contributed by atoms with van der Waals surface area (Å²) >= 11 is 0. The van der Waals surface area contributed by atoms with Gasteiger partial charge in [0.15, 0.2) is 0 Å². The van der Waals surface area contributed by atoms with Crippen molar-refractivity contribution >= 4 is 12.0 Å². The van der Waals surface area contributed by atoms with Crippen LogP contribution in [0.4, 0.5) is 4.79 Å². The molecule has 25 heavy (non-hydrogen) atoms. The van der Waals surface area contributed by atoms with E-state index in [9.17, 15) is 9.59 Å². The first-order valence-corrected chi connectivity index (χ1v) is 8.82. The minimum atomic E-state index is -0.632. The number of nitrogens with one attached hydrogen (secondary N) is 1. The van der Waals surface area contributed by atoms with Crippen molar-refractivity contribution in [2.24, 2.45) is 5.41 Å². The van der Waals surface area contributed by atoms with Crippen LogP contribution in [-0.4, -0.2) is 35.1 Å². The van der Waals surface area contributed by atoms with Gasteiger partial charge in [0.2, 0.25) is 5.91 Å². The van der Waals surface area contributed by atoms with Crippen LogP contribution < -0.4 is 5.32 Å². The summed E-state index contributed by atoms with van der Waals surface area (Å²) in [4.78, 5) is 27.1. The number of carbonyl (C=O) groups is 2. The Morgan fingerprint density at radius 3 is 2.24 bits per heavy atom. The zero-order valence-electron chi connectivity index (χ0n) is 16.2. The Morgan fingerprint density at radius 2 is 1.68 bits per heavy atom. The summed E-state index contributed by atoms with van der Waals surface area (Å²) in [7, 11) is 0. The summed E-state index contributed by atoms with van der Waals surface area (Å²) in [6.45, 7) is 12.5. The van der Waals surface area contributed by atoms with Crippen molar-refractivity contribution in [3.8, 4) is 0 Å². The minimum absolute atomic E-state index is 0.0622. The Balaban J connectivity index is 2.13. The lowest BCUT2D eigenvalue weighted by atomic mass is 9.85. The van der Waals surface area contributed by atoms with Crippen molar-refractivity contribution in [2.75, 3.05) is 6.54 Å². The standard InChI is InChI=1S/C20H30N2O3/c1-19(2,3)16(21-18(24)25-20(4,5)6)17(23)22-12-11-14-9-7-8-10-15(14)13-22/h7-10,16H,11-13H2,1-6H3,(H,21,24). The average Bonchev–Trinajstić information content (AvgIpc) is 2.48. The van der Waals surface area contributed by atoms with E-state index in [4.69, 9.17) is 4.74 Å². The van der Waals surface area contributed by atoms with Crippen LogP contribution in [0.25, 0.3) is 0 Å². The maximum absolute atomic E-state index is 13.1. The molecule has 2 rings (SSSR count). The zero-order valence-corrected chi connectivity index (χ0v) is 16.2. The normalized spacial score (nSPS) is 16.0. The van der Waals surface area contributed by atoms with E-state index in [1.54, 1.807) is 0 Å². The van der Waals surface area contributed by atoms with Gasteiger partial charge in [0.1, 0.15) is 11.6 Å². The highest BCUT2D eigenvalue weighted by Gasteiger charge is 2.37. The minimum Gasteiger partial charge on any atom is -0.444 e. The Bertz CT molecular complexity index is 641. The molecule has 0 saturated carbocycles. The first-order chi connectivity index (χ1) is 11.5. The molecule has 1 aromatic carbocycles. The van der Waals surface area contributed by atoms with E-state index >= 15 is 0 Å². The number of rotatable bonds is 2. The molecular weight excluding hydrogens is 316 g/mol. The van der Waals surface area contributed by atoms with Gasteiger partial charge in [-0.15, -0.1) is 0 Å². The summed E-state index contributed by atoms with van der Waals surface area (Å²) in [5.41, 5.74) is 1.45. The fraction of sp³-hybridized carbons (Fsp3) is 0.600. The molecule has 1 N–H and O–H groups in total. The molecule has 138 valence electrons. The highest BCUT2D eigenvalue weighted by molar-refractivity contribution is 5.86. The van der Waals surface area contributed by atoms with Gasteiger partial charge in [0.25, 0.3) is 0 Å². The lowest BCUT2D eigenvalue weighted by Gasteiger charge is -2.37. The van der Waals surface area contributed by atoms with Crippen LogP contribution in [0, 0.1) is 5.41 Å². The van der Waals surface area contributed by atoms with Crippen LogP contribution in [0.1, 0.15) is 52.7 Å². The van der Waals surface area contributed by atoms with Crippen molar-refractivity contribution < 1.29 is 14.3 Å². The van der Waals surface area contributed by atoms with Gasteiger partial charge in [0, 0.05) is 13.1 Å². The maximum atomic E-state index is 13.1. The molecule has 1 atom stereocenters. The van der Waals surface area contributed by atoms with E-state index in [1.165, 1.54) is 11.1 Å². The summed E-state index contributed by atoms with van der Waals surface area (Å²) in [5.74, 6) is -0.0622. The van der Waals surface area contributed by atoms with Crippen molar-refractivity contribution in [1.82, 2.24) is 10.2 Å². The lowest BCUT2D eigenvalue weighted by Crippen LogP contribution is -2.56. The number of benzene rings is 1. The van der Waals surface area contributed by atoms with Gasteiger partial charge in [-0.05, 0) is 43.7 Å². The third kappa shape index (κ3) is 5.21. The molecule has 2 amide bonds. The van der Waals surface area contributed by atoms with Gasteiger partial charge in [-0.3, -0.25) is 4.79 Å². The monoisotopic (exact) mass is 346 g/mol. The third-order valence-corrected chi connectivity index (χ3v) is 4.22. The highest BCUT2D eigenvalue weighted by Crippen LogP contribution is 2.25. The molecule has 1 aliphatic rings. The topological polar surface area (TPSA) is 58.6 Å². The summed E-state index contributed by atoms with van der Waals surface area (Å²) < 4.78 is 5.34. The lowest BCUT2D eigenvalue weighted by molar-refractivity contribution is -0.137. The smallest absolute Gasteiger partial charge is 0.408 e. The van der Waals surface area contributed by atoms with E-state index in [0.717, 1.165) is 6.42 Å². The Hall–Kier alpha value is -2.04. The number of carbonyl (C=O) groups excluding carboxylic acids is 2. The van der Waals surface area contributed by atoms with Crippen LogP contribution in [0.5, 0.6) is 0 Å². The number of amides is 2. The van der Waals surface area contributed by atoms with Gasteiger partial charge in [-0.2, -0.15) is 0 Å². The van der Waals surface area contributed by atoms with Crippen LogP contribution in [0.2, 0.25) is 0 Å². The van der Waals surface area contributed by atoms with E-state index in [0.29, 0.717) is 13.1 Å². The molecule has 0 fully saturated rings. The molecule has 5 nitrogen and oxygen atoms in total. The molecule has 0 spiro atoms. The molecule has 1 aromatic rings. The molecule has 0 aromatic heterocycles. The largest absolute Gasteiger partial charge is 0.444 e. The van der Waals surface area contributed by atoms with Crippen molar-refractivity contribution in [2.45, 2.75) is 66.2 Å². The predicted octanol–water partition coefficient (Wildman–Crippen LogP) is 3.51. The summed E-state index contributed by atoms with van der Waals surface area (Å²) in [5, 5.41) is 2.78. The first-order valence-electron chi connectivity index (χ1n) is 8.82. The fourth-order valence-corrected chi connectivity index (χ4v) is 2.94. The van der Waals surface area contributed by atoms with Gasteiger partial charge >= 0.3 is 6.09 Å². The molecule has 0 aliphatic carbocycles. The SMILES string of the molecule is CC(C)(C)OC(=O)NC(C(=O)N1CCc2ccccc2C1)C(C)(C)C. The van der Waals surface area contributed by atoms with E-state index in [-0.39, 0.29) is 5.91 Å². The van der Waals surface area contributed by atoms with Gasteiger partial charge in [0.05, 0.1) is 0 Å². The second-order valence-corrected chi connectivity index (χ2v) is 8.72. The van der Waals surface area contributed by atoms with Crippen molar-refractivity contribution in [1.29, 1.82) is 0 Å². The Kier molecular flexibility index (Phi) is 5.45. The summed E-state index contributed by atoms with van der Waals surface area (Å²) in [6.07, 6.45) is 0.281. The van der Waals surface area contributed by atoms with E-state index in [2.05, 4.69) is 17.4 Å².